The lowest BCUT2D eigenvalue weighted by molar-refractivity contribution is -0.0365. The Morgan fingerprint density at radius 2 is 1.85 bits per heavy atom. The van der Waals surface area contributed by atoms with Gasteiger partial charge in [0.25, 0.3) is 5.89 Å². The standard InChI is InChI=1S/C12H17N5O3/c1-18-12(6-4-2-3-5-7-12)11-14-10(19-17-11)8-9(13)16-20-15-8/h2-7H2,1H3,(H2,13,16). The Kier molecular flexibility index (Phi) is 3.39. The third kappa shape index (κ3) is 2.15. The van der Waals surface area contributed by atoms with Gasteiger partial charge in [-0.1, -0.05) is 30.8 Å². The molecule has 1 fully saturated rings. The topological polar surface area (TPSA) is 113 Å². The van der Waals surface area contributed by atoms with Gasteiger partial charge in [-0.05, 0) is 23.2 Å². The van der Waals surface area contributed by atoms with Crippen molar-refractivity contribution in [2.24, 2.45) is 0 Å². The molecule has 0 amide bonds. The molecule has 1 aliphatic rings. The van der Waals surface area contributed by atoms with Gasteiger partial charge >= 0.3 is 0 Å². The molecule has 0 radical (unpaired) electrons. The highest BCUT2D eigenvalue weighted by atomic mass is 16.6. The normalized spacial score (nSPS) is 18.9. The van der Waals surface area contributed by atoms with E-state index in [9.17, 15) is 0 Å². The van der Waals surface area contributed by atoms with Crippen LogP contribution >= 0.6 is 0 Å². The third-order valence-electron chi connectivity index (χ3n) is 3.85. The van der Waals surface area contributed by atoms with Crippen LogP contribution in [0.15, 0.2) is 9.15 Å². The lowest BCUT2D eigenvalue weighted by atomic mass is 9.93. The minimum atomic E-state index is -0.482. The Labute approximate surface area is 115 Å². The number of nitrogen functional groups attached to an aromatic ring is 1. The number of nitrogens with zero attached hydrogens (tertiary/aromatic N) is 4. The second kappa shape index (κ2) is 5.20. The third-order valence-corrected chi connectivity index (χ3v) is 3.85. The molecule has 0 unspecified atom stereocenters. The number of ether oxygens (including phenoxy) is 1. The summed E-state index contributed by atoms with van der Waals surface area (Å²) in [6, 6.07) is 0. The molecule has 0 bridgehead atoms. The van der Waals surface area contributed by atoms with Gasteiger partial charge in [0.05, 0.1) is 0 Å². The van der Waals surface area contributed by atoms with Crippen LogP contribution in [0.1, 0.15) is 44.3 Å². The van der Waals surface area contributed by atoms with Gasteiger partial charge in [-0.3, -0.25) is 0 Å². The van der Waals surface area contributed by atoms with Crippen LogP contribution in [0.25, 0.3) is 11.6 Å². The minimum absolute atomic E-state index is 0.132. The molecular weight excluding hydrogens is 262 g/mol. The molecule has 0 aromatic carbocycles. The summed E-state index contributed by atoms with van der Waals surface area (Å²) in [5, 5.41) is 11.2. The summed E-state index contributed by atoms with van der Waals surface area (Å²) in [6.45, 7) is 0. The van der Waals surface area contributed by atoms with Crippen LogP contribution in [-0.4, -0.2) is 27.6 Å². The van der Waals surface area contributed by atoms with Crippen molar-refractivity contribution in [1.29, 1.82) is 0 Å². The second-order valence-electron chi connectivity index (χ2n) is 5.03. The van der Waals surface area contributed by atoms with Crippen LogP contribution in [0.3, 0.4) is 0 Å². The fourth-order valence-electron chi connectivity index (χ4n) is 2.67. The summed E-state index contributed by atoms with van der Waals surface area (Å²) < 4.78 is 15.5. The SMILES string of the molecule is COC1(c2noc(-c3nonc3N)n2)CCCCCC1. The molecule has 1 aliphatic carbocycles. The number of methoxy groups -OCH3 is 1. The summed E-state index contributed by atoms with van der Waals surface area (Å²) in [5.74, 6) is 0.881. The van der Waals surface area contributed by atoms with E-state index in [1.165, 1.54) is 12.8 Å². The molecule has 8 nitrogen and oxygen atoms in total. The number of rotatable bonds is 3. The Morgan fingerprint density at radius 1 is 1.10 bits per heavy atom. The highest BCUT2D eigenvalue weighted by Gasteiger charge is 2.38. The van der Waals surface area contributed by atoms with Gasteiger partial charge in [0, 0.05) is 7.11 Å². The van der Waals surface area contributed by atoms with Crippen LogP contribution in [0.5, 0.6) is 0 Å². The number of anilines is 1. The summed E-state index contributed by atoms with van der Waals surface area (Å²) in [4.78, 5) is 4.38. The van der Waals surface area contributed by atoms with Crippen LogP contribution in [0.2, 0.25) is 0 Å². The Balaban J connectivity index is 1.93. The van der Waals surface area contributed by atoms with E-state index in [0.717, 1.165) is 25.7 Å². The largest absolute Gasteiger partial charge is 0.379 e. The maximum atomic E-state index is 5.73. The zero-order chi connectivity index (χ0) is 14.0. The lowest BCUT2D eigenvalue weighted by Gasteiger charge is -2.27. The quantitative estimate of drug-likeness (QED) is 0.847. The minimum Gasteiger partial charge on any atom is -0.379 e. The average Bonchev–Trinajstić information content (AvgIpc) is 3.03. The zero-order valence-electron chi connectivity index (χ0n) is 11.3. The summed E-state index contributed by atoms with van der Waals surface area (Å²) >= 11 is 0. The number of hydrogen-bond acceptors (Lipinski definition) is 8. The van der Waals surface area contributed by atoms with Gasteiger partial charge in [-0.2, -0.15) is 4.98 Å². The Hall–Kier alpha value is -1.96. The van der Waals surface area contributed by atoms with E-state index in [4.69, 9.17) is 15.0 Å². The molecule has 2 aromatic heterocycles. The molecule has 108 valence electrons. The van der Waals surface area contributed by atoms with Crippen LogP contribution in [0, 0.1) is 0 Å². The smallest absolute Gasteiger partial charge is 0.284 e. The molecule has 0 saturated heterocycles. The first-order valence-electron chi connectivity index (χ1n) is 6.73. The lowest BCUT2D eigenvalue weighted by Crippen LogP contribution is -2.29. The zero-order valence-corrected chi connectivity index (χ0v) is 11.3. The van der Waals surface area contributed by atoms with Gasteiger partial charge in [0.1, 0.15) is 5.60 Å². The van der Waals surface area contributed by atoms with E-state index < -0.39 is 5.60 Å². The first-order chi connectivity index (χ1) is 9.75. The fourth-order valence-corrected chi connectivity index (χ4v) is 2.67. The predicted octanol–water partition coefficient (Wildman–Crippen LogP) is 1.90. The average molecular weight is 279 g/mol. The van der Waals surface area contributed by atoms with Gasteiger partial charge in [-0.25, -0.2) is 4.63 Å². The molecule has 8 heteroatoms. The van der Waals surface area contributed by atoms with Crippen molar-refractivity contribution in [2.75, 3.05) is 12.8 Å². The molecular formula is C12H17N5O3. The molecule has 0 atom stereocenters. The van der Waals surface area contributed by atoms with Crippen LogP contribution < -0.4 is 5.73 Å². The van der Waals surface area contributed by atoms with Crippen molar-refractivity contribution in [2.45, 2.75) is 44.1 Å². The van der Waals surface area contributed by atoms with Crippen molar-refractivity contribution >= 4 is 5.82 Å². The fraction of sp³-hybridized carbons (Fsp3) is 0.667. The second-order valence-corrected chi connectivity index (χ2v) is 5.03. The molecule has 2 N–H and O–H groups in total. The van der Waals surface area contributed by atoms with Crippen LogP contribution in [-0.2, 0) is 10.3 Å². The summed E-state index contributed by atoms with van der Waals surface area (Å²) in [5.41, 5.74) is 5.41. The molecule has 2 aromatic rings. The highest BCUT2D eigenvalue weighted by Crippen LogP contribution is 2.38. The maximum absolute atomic E-state index is 5.73. The predicted molar refractivity (Wildman–Crippen MR) is 68.4 cm³/mol. The van der Waals surface area contributed by atoms with E-state index in [2.05, 4.69) is 25.1 Å². The highest BCUT2D eigenvalue weighted by molar-refractivity contribution is 5.60. The molecule has 2 heterocycles. The van der Waals surface area contributed by atoms with Gasteiger partial charge in [0.2, 0.25) is 17.3 Å². The van der Waals surface area contributed by atoms with E-state index in [1.807, 2.05) is 0 Å². The van der Waals surface area contributed by atoms with Crippen molar-refractivity contribution in [3.05, 3.63) is 5.82 Å². The Morgan fingerprint density at radius 3 is 2.45 bits per heavy atom. The van der Waals surface area contributed by atoms with E-state index in [-0.39, 0.29) is 17.4 Å². The van der Waals surface area contributed by atoms with E-state index >= 15 is 0 Å². The molecule has 3 rings (SSSR count). The molecule has 20 heavy (non-hydrogen) atoms. The van der Waals surface area contributed by atoms with Gasteiger partial charge < -0.3 is 15.0 Å². The van der Waals surface area contributed by atoms with Gasteiger partial charge in [-0.15, -0.1) is 0 Å². The maximum Gasteiger partial charge on any atom is 0.284 e. The monoisotopic (exact) mass is 279 g/mol. The molecule has 0 aliphatic heterocycles. The van der Waals surface area contributed by atoms with Gasteiger partial charge in [0.15, 0.2) is 0 Å². The van der Waals surface area contributed by atoms with Crippen molar-refractivity contribution in [3.8, 4) is 11.6 Å². The van der Waals surface area contributed by atoms with E-state index in [0.29, 0.717) is 5.82 Å². The molecule has 1 saturated carbocycles. The first kappa shape index (κ1) is 13.0. The number of nitrogens with two attached hydrogens (primary N) is 1. The van der Waals surface area contributed by atoms with Crippen LogP contribution in [0.4, 0.5) is 5.82 Å². The van der Waals surface area contributed by atoms with Crippen molar-refractivity contribution < 1.29 is 13.9 Å². The van der Waals surface area contributed by atoms with Crippen molar-refractivity contribution in [1.82, 2.24) is 20.5 Å². The van der Waals surface area contributed by atoms with Crippen molar-refractivity contribution in [3.63, 3.8) is 0 Å². The summed E-state index contributed by atoms with van der Waals surface area (Å²) in [7, 11) is 1.69. The Bertz CT molecular complexity index is 571. The number of aromatic nitrogens is 4. The van der Waals surface area contributed by atoms with E-state index in [1.54, 1.807) is 7.11 Å². The number of hydrogen-bond donors (Lipinski definition) is 1. The summed E-state index contributed by atoms with van der Waals surface area (Å²) in [6.07, 6.45) is 6.35. The molecule has 0 spiro atoms. The first-order valence-corrected chi connectivity index (χ1v) is 6.73.